The van der Waals surface area contributed by atoms with Crippen molar-refractivity contribution in [1.82, 2.24) is 4.37 Å². The Bertz CT molecular complexity index is 318. The van der Waals surface area contributed by atoms with Gasteiger partial charge >= 0.3 is 5.97 Å². The fourth-order valence-corrected chi connectivity index (χ4v) is 2.24. The van der Waals surface area contributed by atoms with E-state index in [1.165, 1.54) is 24.4 Å². The monoisotopic (exact) mass is 198 g/mol. The first-order valence-corrected chi connectivity index (χ1v) is 4.99. The van der Waals surface area contributed by atoms with Crippen molar-refractivity contribution in [2.24, 2.45) is 0 Å². The predicted molar refractivity (Wildman–Crippen MR) is 50.5 cm³/mol. The highest BCUT2D eigenvalue weighted by Crippen LogP contribution is 2.25. The summed E-state index contributed by atoms with van der Waals surface area (Å²) in [6.07, 6.45) is 2.39. The normalized spacial score (nSPS) is 16.5. The molecule has 13 heavy (non-hydrogen) atoms. The van der Waals surface area contributed by atoms with Gasteiger partial charge in [0, 0.05) is 19.2 Å². The van der Waals surface area contributed by atoms with Crippen molar-refractivity contribution in [2.45, 2.75) is 12.8 Å². The summed E-state index contributed by atoms with van der Waals surface area (Å²) in [4.78, 5) is 12.7. The van der Waals surface area contributed by atoms with Gasteiger partial charge in [-0.05, 0) is 24.4 Å². The summed E-state index contributed by atoms with van der Waals surface area (Å²) in [5.74, 6) is -0.943. The lowest BCUT2D eigenvalue weighted by Crippen LogP contribution is -2.15. The second-order valence-electron chi connectivity index (χ2n) is 3.05. The van der Waals surface area contributed by atoms with E-state index in [0.717, 1.165) is 18.1 Å². The largest absolute Gasteiger partial charge is 0.476 e. The van der Waals surface area contributed by atoms with E-state index in [0.29, 0.717) is 0 Å². The molecule has 70 valence electrons. The van der Waals surface area contributed by atoms with Gasteiger partial charge in [0.05, 0.1) is 0 Å². The lowest BCUT2D eigenvalue weighted by molar-refractivity contribution is 0.0692. The molecule has 0 bridgehead atoms. The van der Waals surface area contributed by atoms with Crippen molar-refractivity contribution >= 4 is 22.5 Å². The van der Waals surface area contributed by atoms with Crippen LogP contribution in [-0.2, 0) is 0 Å². The maximum atomic E-state index is 10.6. The minimum absolute atomic E-state index is 0.159. The average molecular weight is 198 g/mol. The molecule has 0 spiro atoms. The molecule has 1 aromatic rings. The van der Waals surface area contributed by atoms with E-state index in [2.05, 4.69) is 9.27 Å². The third-order valence-electron chi connectivity index (χ3n) is 2.13. The van der Waals surface area contributed by atoms with Gasteiger partial charge in [0.2, 0.25) is 0 Å². The van der Waals surface area contributed by atoms with Crippen molar-refractivity contribution in [1.29, 1.82) is 0 Å². The highest BCUT2D eigenvalue weighted by atomic mass is 32.1. The third kappa shape index (κ3) is 1.65. The number of hydrogen-bond acceptors (Lipinski definition) is 4. The Morgan fingerprint density at radius 2 is 2.23 bits per heavy atom. The molecule has 2 heterocycles. The molecule has 0 aliphatic carbocycles. The minimum Gasteiger partial charge on any atom is -0.476 e. The molecule has 0 radical (unpaired) electrons. The summed E-state index contributed by atoms with van der Waals surface area (Å²) >= 11 is 1.27. The van der Waals surface area contributed by atoms with E-state index in [9.17, 15) is 4.79 Å². The molecular formula is C8H10N2O2S. The number of rotatable bonds is 2. The fourth-order valence-electron chi connectivity index (χ4n) is 1.45. The Morgan fingerprint density at radius 3 is 2.77 bits per heavy atom. The van der Waals surface area contributed by atoms with Crippen LogP contribution in [0.25, 0.3) is 0 Å². The second-order valence-corrected chi connectivity index (χ2v) is 3.83. The molecule has 1 aliphatic rings. The molecule has 0 unspecified atom stereocenters. The standard InChI is InChI=1S/C8H10N2O2S/c11-8(12)6-5-7(13-9-6)10-3-1-2-4-10/h5H,1-4H2,(H,11,12). The number of carbonyl (C=O) groups is 1. The highest BCUT2D eigenvalue weighted by Gasteiger charge is 2.16. The van der Waals surface area contributed by atoms with Crippen molar-refractivity contribution < 1.29 is 9.90 Å². The average Bonchev–Trinajstić information content (AvgIpc) is 2.75. The zero-order chi connectivity index (χ0) is 9.26. The van der Waals surface area contributed by atoms with Gasteiger partial charge in [0.1, 0.15) is 5.00 Å². The molecule has 0 atom stereocenters. The molecule has 1 fully saturated rings. The quantitative estimate of drug-likeness (QED) is 0.781. The predicted octanol–water partition coefficient (Wildman–Crippen LogP) is 1.44. The summed E-state index contributed by atoms with van der Waals surface area (Å²) in [5, 5.41) is 9.65. The minimum atomic E-state index is -0.943. The van der Waals surface area contributed by atoms with Crippen LogP contribution in [0, 0.1) is 0 Å². The molecule has 1 saturated heterocycles. The van der Waals surface area contributed by atoms with Crippen LogP contribution >= 0.6 is 11.5 Å². The van der Waals surface area contributed by atoms with Crippen LogP contribution in [0.2, 0.25) is 0 Å². The van der Waals surface area contributed by atoms with Gasteiger partial charge in [-0.2, -0.15) is 4.37 Å². The number of hydrogen-bond donors (Lipinski definition) is 1. The van der Waals surface area contributed by atoms with Gasteiger partial charge in [-0.25, -0.2) is 4.79 Å². The van der Waals surface area contributed by atoms with E-state index in [4.69, 9.17) is 5.11 Å². The Kier molecular flexibility index (Phi) is 2.18. The molecule has 0 saturated carbocycles. The zero-order valence-corrected chi connectivity index (χ0v) is 7.88. The number of anilines is 1. The topological polar surface area (TPSA) is 53.4 Å². The van der Waals surface area contributed by atoms with Crippen LogP contribution < -0.4 is 4.90 Å². The number of carboxylic acid groups (broad SMARTS) is 1. The summed E-state index contributed by atoms with van der Waals surface area (Å²) in [6.45, 7) is 2.06. The van der Waals surface area contributed by atoms with E-state index in [-0.39, 0.29) is 5.69 Å². The number of nitrogens with zero attached hydrogens (tertiary/aromatic N) is 2. The molecule has 5 heteroatoms. The molecule has 0 aromatic carbocycles. The molecule has 1 aliphatic heterocycles. The first-order chi connectivity index (χ1) is 6.27. The van der Waals surface area contributed by atoms with Crippen LogP contribution in [0.3, 0.4) is 0 Å². The second kappa shape index (κ2) is 3.33. The van der Waals surface area contributed by atoms with Crippen LogP contribution in [0.1, 0.15) is 23.3 Å². The molecule has 1 N–H and O–H groups in total. The van der Waals surface area contributed by atoms with Gasteiger partial charge < -0.3 is 10.0 Å². The van der Waals surface area contributed by atoms with Crippen LogP contribution in [0.5, 0.6) is 0 Å². The van der Waals surface area contributed by atoms with Crippen LogP contribution in [-0.4, -0.2) is 28.5 Å². The maximum Gasteiger partial charge on any atom is 0.355 e. The van der Waals surface area contributed by atoms with E-state index >= 15 is 0 Å². The molecule has 1 aromatic heterocycles. The van der Waals surface area contributed by atoms with Crippen molar-refractivity contribution in [3.63, 3.8) is 0 Å². The van der Waals surface area contributed by atoms with Crippen LogP contribution in [0.4, 0.5) is 5.00 Å². The van der Waals surface area contributed by atoms with E-state index < -0.39 is 5.97 Å². The smallest absolute Gasteiger partial charge is 0.355 e. The van der Waals surface area contributed by atoms with Crippen molar-refractivity contribution in [3.8, 4) is 0 Å². The zero-order valence-electron chi connectivity index (χ0n) is 7.06. The molecule has 2 rings (SSSR count). The summed E-state index contributed by atoms with van der Waals surface area (Å²) < 4.78 is 3.86. The first-order valence-electron chi connectivity index (χ1n) is 4.22. The van der Waals surface area contributed by atoms with E-state index in [1.54, 1.807) is 6.07 Å². The van der Waals surface area contributed by atoms with E-state index in [1.807, 2.05) is 0 Å². The van der Waals surface area contributed by atoms with Crippen molar-refractivity contribution in [2.75, 3.05) is 18.0 Å². The lowest BCUT2D eigenvalue weighted by atomic mass is 10.4. The van der Waals surface area contributed by atoms with Gasteiger partial charge in [-0.3, -0.25) is 0 Å². The summed E-state index contributed by atoms with van der Waals surface area (Å²) in [6, 6.07) is 1.65. The SMILES string of the molecule is O=C(O)c1cc(N2CCCC2)sn1. The molecule has 0 amide bonds. The van der Waals surface area contributed by atoms with Gasteiger partial charge in [0.25, 0.3) is 0 Å². The van der Waals surface area contributed by atoms with Gasteiger partial charge in [-0.15, -0.1) is 0 Å². The maximum absolute atomic E-state index is 10.6. The lowest BCUT2D eigenvalue weighted by Gasteiger charge is -2.12. The first kappa shape index (κ1) is 8.50. The number of carboxylic acids is 1. The molecule has 4 nitrogen and oxygen atoms in total. The Morgan fingerprint density at radius 1 is 1.54 bits per heavy atom. The Balaban J connectivity index is 2.16. The highest BCUT2D eigenvalue weighted by molar-refractivity contribution is 7.10. The number of aromatic carboxylic acids is 1. The van der Waals surface area contributed by atoms with Crippen LogP contribution in [0.15, 0.2) is 6.07 Å². The number of aromatic nitrogens is 1. The van der Waals surface area contributed by atoms with Gasteiger partial charge in [-0.1, -0.05) is 0 Å². The summed E-state index contributed by atoms with van der Waals surface area (Å²) in [5.41, 5.74) is 0.159. The van der Waals surface area contributed by atoms with Crippen molar-refractivity contribution in [3.05, 3.63) is 11.8 Å². The Hall–Kier alpha value is -1.10. The summed E-state index contributed by atoms with van der Waals surface area (Å²) in [7, 11) is 0. The fraction of sp³-hybridized carbons (Fsp3) is 0.500. The Labute approximate surface area is 80.0 Å². The molecular weight excluding hydrogens is 188 g/mol. The third-order valence-corrected chi connectivity index (χ3v) is 2.99. The van der Waals surface area contributed by atoms with Gasteiger partial charge in [0.15, 0.2) is 5.69 Å².